The molecule has 4 heteroatoms. The molecule has 0 radical (unpaired) electrons. The largest absolute Gasteiger partial charge is 0.494 e. The Morgan fingerprint density at radius 2 is 1.84 bits per heavy atom. The van der Waals surface area contributed by atoms with Gasteiger partial charge >= 0.3 is 6.09 Å². The Bertz CT molecular complexity index is 693. The second-order valence-electron chi connectivity index (χ2n) is 6.28. The van der Waals surface area contributed by atoms with Gasteiger partial charge in [-0.15, -0.1) is 0 Å². The van der Waals surface area contributed by atoms with Crippen molar-refractivity contribution in [3.8, 4) is 11.5 Å². The Labute approximate surface area is 150 Å². The van der Waals surface area contributed by atoms with Gasteiger partial charge in [0.15, 0.2) is 0 Å². The van der Waals surface area contributed by atoms with Crippen LogP contribution in [0.15, 0.2) is 42.5 Å². The third kappa shape index (κ3) is 5.52. The fourth-order valence-electron chi connectivity index (χ4n) is 2.85. The van der Waals surface area contributed by atoms with Gasteiger partial charge in [-0.3, -0.25) is 0 Å². The molecule has 0 unspecified atom stereocenters. The van der Waals surface area contributed by atoms with Crippen LogP contribution in [0.2, 0.25) is 0 Å². The molecule has 134 valence electrons. The quantitative estimate of drug-likeness (QED) is 0.783. The lowest BCUT2D eigenvalue weighted by atomic mass is 9.97. The predicted octanol–water partition coefficient (Wildman–Crippen LogP) is 4.85. The molecule has 1 N–H and O–H groups in total. The maximum atomic E-state index is 12.1. The summed E-state index contributed by atoms with van der Waals surface area (Å²) < 4.78 is 10.9. The molecule has 4 nitrogen and oxygen atoms in total. The number of aryl methyl sites for hydroxylation is 1. The Balaban J connectivity index is 1.86. The summed E-state index contributed by atoms with van der Waals surface area (Å²) >= 11 is 0. The number of carbonyl (C=O) groups is 1. The molecule has 0 aliphatic carbocycles. The number of hydrogen-bond acceptors (Lipinski definition) is 3. The Morgan fingerprint density at radius 3 is 2.48 bits per heavy atom. The lowest BCUT2D eigenvalue weighted by molar-refractivity contribution is 0.200. The first-order valence-corrected chi connectivity index (χ1v) is 8.78. The third-order valence-corrected chi connectivity index (χ3v) is 3.98. The Morgan fingerprint density at radius 1 is 1.12 bits per heavy atom. The molecule has 25 heavy (non-hydrogen) atoms. The number of nitrogens with one attached hydrogen (secondary N) is 1. The predicted molar refractivity (Wildman–Crippen MR) is 101 cm³/mol. The van der Waals surface area contributed by atoms with Crippen LogP contribution < -0.4 is 14.8 Å². The summed E-state index contributed by atoms with van der Waals surface area (Å²) in [7, 11) is 0. The zero-order chi connectivity index (χ0) is 18.2. The van der Waals surface area contributed by atoms with E-state index >= 15 is 0 Å². The number of ether oxygens (including phenoxy) is 2. The zero-order valence-electron chi connectivity index (χ0n) is 15.5. The van der Waals surface area contributed by atoms with E-state index < -0.39 is 6.09 Å². The average molecular weight is 341 g/mol. The SMILES string of the molecule is CCOc1ccc(CCNC(=O)Oc2cccc(C)c2C(C)C)cc1. The minimum Gasteiger partial charge on any atom is -0.494 e. The highest BCUT2D eigenvalue weighted by molar-refractivity contribution is 5.71. The molecular formula is C21H27NO3. The normalized spacial score (nSPS) is 10.6. The highest BCUT2D eigenvalue weighted by Crippen LogP contribution is 2.29. The number of benzene rings is 2. The number of rotatable bonds is 7. The van der Waals surface area contributed by atoms with Crippen LogP contribution in [0.1, 0.15) is 43.4 Å². The minimum absolute atomic E-state index is 0.299. The van der Waals surface area contributed by atoms with Gasteiger partial charge in [-0.2, -0.15) is 0 Å². The van der Waals surface area contributed by atoms with Crippen LogP contribution in [-0.4, -0.2) is 19.2 Å². The molecule has 0 saturated heterocycles. The van der Waals surface area contributed by atoms with Crippen molar-refractivity contribution in [3.63, 3.8) is 0 Å². The van der Waals surface area contributed by atoms with Gasteiger partial charge in [0.1, 0.15) is 11.5 Å². The molecule has 0 aliphatic heterocycles. The van der Waals surface area contributed by atoms with Crippen molar-refractivity contribution in [2.75, 3.05) is 13.2 Å². The van der Waals surface area contributed by atoms with E-state index in [0.717, 1.165) is 28.9 Å². The topological polar surface area (TPSA) is 47.6 Å². The molecule has 0 spiro atoms. The number of hydrogen-bond donors (Lipinski definition) is 1. The zero-order valence-corrected chi connectivity index (χ0v) is 15.5. The first-order valence-electron chi connectivity index (χ1n) is 8.78. The van der Waals surface area contributed by atoms with Gasteiger partial charge < -0.3 is 14.8 Å². The fourth-order valence-corrected chi connectivity index (χ4v) is 2.85. The molecule has 2 rings (SSSR count). The van der Waals surface area contributed by atoms with Crippen LogP contribution in [0.5, 0.6) is 11.5 Å². The number of carbonyl (C=O) groups excluding carboxylic acids is 1. The van der Waals surface area contributed by atoms with E-state index in [4.69, 9.17) is 9.47 Å². The van der Waals surface area contributed by atoms with Crippen LogP contribution in [0.4, 0.5) is 4.79 Å². The van der Waals surface area contributed by atoms with Crippen LogP contribution in [0, 0.1) is 6.92 Å². The van der Waals surface area contributed by atoms with Crippen LogP contribution >= 0.6 is 0 Å². The van der Waals surface area contributed by atoms with Gasteiger partial charge in [0.2, 0.25) is 0 Å². The van der Waals surface area contributed by atoms with E-state index in [0.29, 0.717) is 24.8 Å². The molecule has 0 heterocycles. The van der Waals surface area contributed by atoms with Crippen molar-refractivity contribution in [2.24, 2.45) is 0 Å². The van der Waals surface area contributed by atoms with Crippen molar-refractivity contribution < 1.29 is 14.3 Å². The molecule has 0 atom stereocenters. The second kappa shape index (κ2) is 9.11. The summed E-state index contributed by atoms with van der Waals surface area (Å²) in [5.74, 6) is 1.79. The first kappa shape index (κ1) is 18.8. The van der Waals surface area contributed by atoms with Crippen LogP contribution in [-0.2, 0) is 6.42 Å². The van der Waals surface area contributed by atoms with Gasteiger partial charge in [-0.1, -0.05) is 38.1 Å². The molecule has 0 fully saturated rings. The molecule has 1 amide bonds. The van der Waals surface area contributed by atoms with E-state index in [1.165, 1.54) is 0 Å². The molecule has 0 aliphatic rings. The maximum Gasteiger partial charge on any atom is 0.412 e. The van der Waals surface area contributed by atoms with Crippen LogP contribution in [0.3, 0.4) is 0 Å². The molecule has 0 bridgehead atoms. The molecule has 0 aromatic heterocycles. The summed E-state index contributed by atoms with van der Waals surface area (Å²) in [6.45, 7) is 9.37. The Hall–Kier alpha value is -2.49. The van der Waals surface area contributed by atoms with Crippen molar-refractivity contribution in [1.29, 1.82) is 0 Å². The number of amides is 1. The van der Waals surface area contributed by atoms with Crippen molar-refractivity contribution in [3.05, 3.63) is 59.2 Å². The lowest BCUT2D eigenvalue weighted by Gasteiger charge is -2.15. The molecule has 2 aromatic rings. The first-order chi connectivity index (χ1) is 12.0. The summed E-state index contributed by atoms with van der Waals surface area (Å²) in [6.07, 6.45) is 0.324. The minimum atomic E-state index is -0.418. The highest BCUT2D eigenvalue weighted by atomic mass is 16.6. The summed E-state index contributed by atoms with van der Waals surface area (Å²) in [4.78, 5) is 12.1. The van der Waals surface area contributed by atoms with Gasteiger partial charge in [0.25, 0.3) is 0 Å². The average Bonchev–Trinajstić information content (AvgIpc) is 2.56. The molecule has 2 aromatic carbocycles. The highest BCUT2D eigenvalue weighted by Gasteiger charge is 2.13. The molecular weight excluding hydrogens is 314 g/mol. The van der Waals surface area contributed by atoms with Gasteiger partial charge in [-0.05, 0) is 55.5 Å². The van der Waals surface area contributed by atoms with E-state index in [1.807, 2.05) is 56.3 Å². The second-order valence-corrected chi connectivity index (χ2v) is 6.28. The van der Waals surface area contributed by atoms with E-state index in [-0.39, 0.29) is 0 Å². The van der Waals surface area contributed by atoms with Crippen molar-refractivity contribution in [1.82, 2.24) is 5.32 Å². The van der Waals surface area contributed by atoms with E-state index in [2.05, 4.69) is 19.2 Å². The van der Waals surface area contributed by atoms with Gasteiger partial charge in [-0.25, -0.2) is 4.79 Å². The maximum absolute atomic E-state index is 12.1. The summed E-state index contributed by atoms with van der Waals surface area (Å²) in [6, 6.07) is 13.7. The smallest absolute Gasteiger partial charge is 0.412 e. The summed E-state index contributed by atoms with van der Waals surface area (Å²) in [5.41, 5.74) is 3.35. The molecule has 0 saturated carbocycles. The monoisotopic (exact) mass is 341 g/mol. The lowest BCUT2D eigenvalue weighted by Crippen LogP contribution is -2.29. The standard InChI is InChI=1S/C21H27NO3/c1-5-24-18-11-9-17(10-12-18)13-14-22-21(23)25-19-8-6-7-16(4)20(19)15(2)3/h6-12,15H,5,13-14H2,1-4H3,(H,22,23). The Kier molecular flexibility index (Phi) is 6.87. The van der Waals surface area contributed by atoms with Gasteiger partial charge in [0, 0.05) is 12.1 Å². The van der Waals surface area contributed by atoms with E-state index in [9.17, 15) is 4.79 Å². The van der Waals surface area contributed by atoms with Crippen molar-refractivity contribution >= 4 is 6.09 Å². The summed E-state index contributed by atoms with van der Waals surface area (Å²) in [5, 5.41) is 2.81. The van der Waals surface area contributed by atoms with E-state index in [1.54, 1.807) is 0 Å². The third-order valence-electron chi connectivity index (χ3n) is 3.98. The van der Waals surface area contributed by atoms with Crippen molar-refractivity contribution in [2.45, 2.75) is 40.0 Å². The fraction of sp³-hybridized carbons (Fsp3) is 0.381. The van der Waals surface area contributed by atoms with Gasteiger partial charge in [0.05, 0.1) is 6.61 Å². The van der Waals surface area contributed by atoms with Crippen LogP contribution in [0.25, 0.3) is 0 Å².